The van der Waals surface area contributed by atoms with Crippen LogP contribution in [0.25, 0.3) is 4.96 Å². The fourth-order valence-electron chi connectivity index (χ4n) is 2.32. The van der Waals surface area contributed by atoms with Crippen molar-refractivity contribution in [1.82, 2.24) is 19.9 Å². The topological polar surface area (TPSA) is 59.3 Å². The summed E-state index contributed by atoms with van der Waals surface area (Å²) >= 11 is 1.33. The lowest BCUT2D eigenvalue weighted by Gasteiger charge is -2.05. The third kappa shape index (κ3) is 2.71. The van der Waals surface area contributed by atoms with E-state index >= 15 is 0 Å². The summed E-state index contributed by atoms with van der Waals surface area (Å²) in [6, 6.07) is 6.29. The molecule has 0 aliphatic rings. The summed E-state index contributed by atoms with van der Waals surface area (Å²) in [5.41, 5.74) is 1.83. The summed E-state index contributed by atoms with van der Waals surface area (Å²) in [5, 5.41) is 10.9. The highest BCUT2D eigenvalue weighted by Crippen LogP contribution is 2.22. The molecule has 3 aromatic rings. The molecule has 0 atom stereocenters. The summed E-state index contributed by atoms with van der Waals surface area (Å²) in [5.74, 6) is 0.401. The summed E-state index contributed by atoms with van der Waals surface area (Å²) in [6.45, 7) is 4.24. The van der Waals surface area contributed by atoms with Gasteiger partial charge < -0.3 is 5.32 Å². The van der Waals surface area contributed by atoms with Crippen LogP contribution >= 0.6 is 11.3 Å². The van der Waals surface area contributed by atoms with Crippen molar-refractivity contribution in [2.45, 2.75) is 20.3 Å². The van der Waals surface area contributed by atoms with Crippen molar-refractivity contribution in [3.63, 3.8) is 0 Å². The molecule has 0 saturated carbocycles. The van der Waals surface area contributed by atoms with Crippen LogP contribution < -0.4 is 5.32 Å². The van der Waals surface area contributed by atoms with E-state index in [0.29, 0.717) is 17.8 Å². The third-order valence-corrected chi connectivity index (χ3v) is 4.60. The fourth-order valence-corrected chi connectivity index (χ4v) is 3.35. The van der Waals surface area contributed by atoms with Crippen molar-refractivity contribution in [1.29, 1.82) is 0 Å². The number of benzene rings is 1. The fraction of sp³-hybridized carbons (Fsp3) is 0.267. The van der Waals surface area contributed by atoms with Gasteiger partial charge in [0.15, 0.2) is 0 Å². The number of thiazole rings is 1. The highest BCUT2D eigenvalue weighted by molar-refractivity contribution is 7.19. The van der Waals surface area contributed by atoms with Crippen molar-refractivity contribution >= 4 is 22.2 Å². The summed E-state index contributed by atoms with van der Waals surface area (Å²) in [7, 11) is 0. The molecule has 1 N–H and O–H groups in total. The molecule has 3 rings (SSSR count). The Hall–Kier alpha value is -2.28. The molecule has 1 amide bonds. The first kappa shape index (κ1) is 14.6. The van der Waals surface area contributed by atoms with Gasteiger partial charge in [0.2, 0.25) is 4.96 Å². The van der Waals surface area contributed by atoms with Crippen LogP contribution in [-0.4, -0.2) is 27.0 Å². The molecule has 7 heteroatoms. The third-order valence-electron chi connectivity index (χ3n) is 3.47. The van der Waals surface area contributed by atoms with Gasteiger partial charge in [-0.2, -0.15) is 0 Å². The number of amides is 1. The predicted octanol–water partition coefficient (Wildman–Crippen LogP) is 2.52. The van der Waals surface area contributed by atoms with Gasteiger partial charge in [0.05, 0.1) is 0 Å². The van der Waals surface area contributed by atoms with E-state index in [4.69, 9.17) is 0 Å². The van der Waals surface area contributed by atoms with Crippen molar-refractivity contribution in [2.24, 2.45) is 0 Å². The van der Waals surface area contributed by atoms with Crippen molar-refractivity contribution < 1.29 is 9.18 Å². The standard InChI is InChI=1S/C15H15FN4OS/c1-9-13(22-15-19-18-10(2)20(9)15)14(21)17-8-7-11-3-5-12(16)6-4-11/h3-6H,7-8H2,1-2H3,(H,17,21). The summed E-state index contributed by atoms with van der Waals surface area (Å²) in [6.07, 6.45) is 0.661. The number of halogens is 1. The largest absolute Gasteiger partial charge is 0.351 e. The maximum Gasteiger partial charge on any atom is 0.263 e. The van der Waals surface area contributed by atoms with E-state index < -0.39 is 0 Å². The molecule has 0 aliphatic heterocycles. The van der Waals surface area contributed by atoms with Crippen molar-refractivity contribution in [2.75, 3.05) is 6.54 Å². The van der Waals surface area contributed by atoms with E-state index in [0.717, 1.165) is 22.0 Å². The minimum Gasteiger partial charge on any atom is -0.351 e. The van der Waals surface area contributed by atoms with E-state index in [2.05, 4.69) is 15.5 Å². The van der Waals surface area contributed by atoms with Gasteiger partial charge in [-0.25, -0.2) is 4.39 Å². The van der Waals surface area contributed by atoms with Crippen LogP contribution in [0.3, 0.4) is 0 Å². The van der Waals surface area contributed by atoms with Crippen LogP contribution in [0.5, 0.6) is 0 Å². The molecular formula is C15H15FN4OS. The highest BCUT2D eigenvalue weighted by Gasteiger charge is 2.17. The number of fused-ring (bicyclic) bond motifs is 1. The predicted molar refractivity (Wildman–Crippen MR) is 82.8 cm³/mol. The van der Waals surface area contributed by atoms with Crippen LogP contribution in [0.2, 0.25) is 0 Å². The zero-order valence-corrected chi connectivity index (χ0v) is 13.1. The average molecular weight is 318 g/mol. The lowest BCUT2D eigenvalue weighted by atomic mass is 10.1. The Balaban J connectivity index is 1.66. The lowest BCUT2D eigenvalue weighted by molar-refractivity contribution is 0.0957. The molecule has 0 radical (unpaired) electrons. The van der Waals surface area contributed by atoms with Gasteiger partial charge in [-0.05, 0) is 38.0 Å². The Morgan fingerprint density at radius 3 is 2.68 bits per heavy atom. The van der Waals surface area contributed by atoms with Crippen LogP contribution in [0, 0.1) is 19.7 Å². The maximum absolute atomic E-state index is 12.8. The Morgan fingerprint density at radius 1 is 1.27 bits per heavy atom. The second-order valence-corrected chi connectivity index (χ2v) is 5.99. The highest BCUT2D eigenvalue weighted by atomic mass is 32.1. The molecule has 0 saturated heterocycles. The normalized spacial score (nSPS) is 11.0. The first-order valence-electron chi connectivity index (χ1n) is 6.90. The van der Waals surface area contributed by atoms with E-state index in [1.165, 1.54) is 23.5 Å². The van der Waals surface area contributed by atoms with E-state index in [9.17, 15) is 9.18 Å². The molecule has 0 fully saturated rings. The van der Waals surface area contributed by atoms with Gasteiger partial charge in [0, 0.05) is 12.2 Å². The number of aryl methyl sites for hydroxylation is 2. The number of rotatable bonds is 4. The number of nitrogens with one attached hydrogen (secondary N) is 1. The summed E-state index contributed by atoms with van der Waals surface area (Å²) < 4.78 is 14.7. The maximum atomic E-state index is 12.8. The first-order chi connectivity index (χ1) is 10.6. The average Bonchev–Trinajstić information content (AvgIpc) is 3.02. The van der Waals surface area contributed by atoms with E-state index in [1.54, 1.807) is 12.1 Å². The van der Waals surface area contributed by atoms with E-state index in [1.807, 2.05) is 18.2 Å². The quantitative estimate of drug-likeness (QED) is 0.804. The minimum atomic E-state index is -0.255. The van der Waals surface area contributed by atoms with Gasteiger partial charge >= 0.3 is 0 Å². The van der Waals surface area contributed by atoms with Crippen LogP contribution in [0.4, 0.5) is 4.39 Å². The second kappa shape index (κ2) is 5.84. The molecule has 0 bridgehead atoms. The van der Waals surface area contributed by atoms with Crippen LogP contribution in [0.1, 0.15) is 26.8 Å². The zero-order valence-electron chi connectivity index (χ0n) is 12.3. The molecule has 5 nitrogen and oxygen atoms in total. The minimum absolute atomic E-state index is 0.116. The van der Waals surface area contributed by atoms with Gasteiger partial charge in [-0.1, -0.05) is 23.5 Å². The Morgan fingerprint density at radius 2 is 2.00 bits per heavy atom. The molecule has 0 spiro atoms. The zero-order chi connectivity index (χ0) is 15.7. The van der Waals surface area contributed by atoms with Crippen LogP contribution in [0.15, 0.2) is 24.3 Å². The van der Waals surface area contributed by atoms with Gasteiger partial charge in [-0.15, -0.1) is 10.2 Å². The molecule has 0 aliphatic carbocycles. The monoisotopic (exact) mass is 318 g/mol. The Bertz CT molecular complexity index is 822. The van der Waals surface area contributed by atoms with E-state index in [-0.39, 0.29) is 11.7 Å². The molecule has 1 aromatic carbocycles. The number of carbonyl (C=O) groups excluding carboxylic acids is 1. The van der Waals surface area contributed by atoms with Crippen molar-refractivity contribution in [3.8, 4) is 0 Å². The molecule has 114 valence electrons. The number of nitrogens with zero attached hydrogens (tertiary/aromatic N) is 3. The molecular weight excluding hydrogens is 303 g/mol. The molecule has 22 heavy (non-hydrogen) atoms. The lowest BCUT2D eigenvalue weighted by Crippen LogP contribution is -2.25. The van der Waals surface area contributed by atoms with Gasteiger partial charge in [0.25, 0.3) is 5.91 Å². The summed E-state index contributed by atoms with van der Waals surface area (Å²) in [4.78, 5) is 13.6. The second-order valence-electron chi connectivity index (χ2n) is 5.01. The molecule has 2 heterocycles. The Kier molecular flexibility index (Phi) is 3.89. The number of hydrogen-bond acceptors (Lipinski definition) is 4. The first-order valence-corrected chi connectivity index (χ1v) is 7.71. The smallest absolute Gasteiger partial charge is 0.263 e. The van der Waals surface area contributed by atoms with Gasteiger partial charge in [-0.3, -0.25) is 9.20 Å². The Labute approximate surface area is 130 Å². The molecule has 2 aromatic heterocycles. The number of carbonyl (C=O) groups is 1. The van der Waals surface area contributed by atoms with Crippen molar-refractivity contribution in [3.05, 3.63) is 52.0 Å². The number of hydrogen-bond donors (Lipinski definition) is 1. The van der Waals surface area contributed by atoms with Crippen LogP contribution in [-0.2, 0) is 6.42 Å². The SMILES string of the molecule is Cc1nnc2sc(C(=O)NCCc3ccc(F)cc3)c(C)n12. The van der Waals surface area contributed by atoms with Gasteiger partial charge in [0.1, 0.15) is 16.5 Å². The number of aromatic nitrogens is 3. The molecule has 0 unspecified atom stereocenters.